The monoisotopic (exact) mass is 399 g/mol. The summed E-state index contributed by atoms with van der Waals surface area (Å²) < 4.78 is 0.789. The lowest BCUT2D eigenvalue weighted by Gasteiger charge is -2.02. The fraction of sp³-hybridized carbons (Fsp3) is 0.188. The first kappa shape index (κ1) is 17.0. The number of H-pyrrole nitrogens is 1. The molecule has 2 aromatic heterocycles. The summed E-state index contributed by atoms with van der Waals surface area (Å²) >= 11 is 3.35. The third-order valence-electron chi connectivity index (χ3n) is 3.68. The van der Waals surface area contributed by atoms with Gasteiger partial charge in [0.25, 0.3) is 0 Å². The van der Waals surface area contributed by atoms with Gasteiger partial charge in [0, 0.05) is 16.6 Å². The van der Waals surface area contributed by atoms with Crippen LogP contribution in [0, 0.1) is 18.3 Å². The number of benzene rings is 1. The number of aromatic amines is 1. The van der Waals surface area contributed by atoms with E-state index in [9.17, 15) is 10.1 Å². The number of nitrogens with two attached hydrogens (primary N) is 1. The van der Waals surface area contributed by atoms with Gasteiger partial charge in [-0.25, -0.2) is 0 Å². The molecule has 2 heterocycles. The Morgan fingerprint density at radius 1 is 1.48 bits per heavy atom. The maximum absolute atomic E-state index is 12.9. The van der Waals surface area contributed by atoms with Crippen LogP contribution in [0.5, 0.6) is 0 Å². The van der Waals surface area contributed by atoms with Crippen molar-refractivity contribution >= 4 is 21.7 Å². The van der Waals surface area contributed by atoms with E-state index in [2.05, 4.69) is 36.3 Å². The Kier molecular flexibility index (Phi) is 4.74. The van der Waals surface area contributed by atoms with Gasteiger partial charge in [0.1, 0.15) is 11.8 Å². The highest BCUT2D eigenvalue weighted by Gasteiger charge is 2.24. The molecule has 126 valence electrons. The second-order valence-corrected chi connectivity index (χ2v) is 6.24. The van der Waals surface area contributed by atoms with E-state index in [0.29, 0.717) is 41.3 Å². The summed E-state index contributed by atoms with van der Waals surface area (Å²) in [5.41, 5.74) is 7.55. The summed E-state index contributed by atoms with van der Waals surface area (Å²) in [5, 5.41) is 21.5. The first-order chi connectivity index (χ1) is 12.0. The Balaban J connectivity index is 2.07. The molecule has 0 bridgehead atoms. The Labute approximate surface area is 151 Å². The highest BCUT2D eigenvalue weighted by molar-refractivity contribution is 9.10. The van der Waals surface area contributed by atoms with Crippen molar-refractivity contribution in [2.75, 3.05) is 6.54 Å². The van der Waals surface area contributed by atoms with Crippen LogP contribution in [0.4, 0.5) is 0 Å². The lowest BCUT2D eigenvalue weighted by Crippen LogP contribution is -2.12. The molecule has 0 atom stereocenters. The lowest BCUT2D eigenvalue weighted by molar-refractivity contribution is 0.103. The number of halogens is 1. The quantitative estimate of drug-likeness (QED) is 0.629. The van der Waals surface area contributed by atoms with Gasteiger partial charge >= 0.3 is 0 Å². The minimum absolute atomic E-state index is 0.174. The average Bonchev–Trinajstić information content (AvgIpc) is 3.18. The second-order valence-electron chi connectivity index (χ2n) is 5.32. The number of hydrogen-bond acceptors (Lipinski definition) is 6. The van der Waals surface area contributed by atoms with Crippen LogP contribution in [0.1, 0.15) is 27.2 Å². The van der Waals surface area contributed by atoms with Crippen molar-refractivity contribution in [2.24, 2.45) is 5.73 Å². The number of tetrazole rings is 1. The van der Waals surface area contributed by atoms with E-state index < -0.39 is 0 Å². The lowest BCUT2D eigenvalue weighted by atomic mass is 9.99. The summed E-state index contributed by atoms with van der Waals surface area (Å²) in [4.78, 5) is 17.2. The van der Waals surface area contributed by atoms with E-state index in [0.717, 1.165) is 4.47 Å². The highest BCUT2D eigenvalue weighted by Crippen LogP contribution is 2.27. The summed E-state index contributed by atoms with van der Waals surface area (Å²) in [6, 6.07) is 9.05. The summed E-state index contributed by atoms with van der Waals surface area (Å²) in [7, 11) is 0. The van der Waals surface area contributed by atoms with Gasteiger partial charge in [-0.1, -0.05) is 28.1 Å². The van der Waals surface area contributed by atoms with E-state index in [4.69, 9.17) is 5.73 Å². The molecule has 0 saturated carbocycles. The van der Waals surface area contributed by atoms with Gasteiger partial charge < -0.3 is 10.7 Å². The standard InChI is InChI=1S/C16H14BrN7O/c1-9-13(15(25)10-3-2-4-11(17)7-10)12(8-19)20-14(9)16-21-23-24(22-16)6-5-18/h2-4,7,20H,5-6,18H2,1H3. The Morgan fingerprint density at radius 2 is 2.28 bits per heavy atom. The molecule has 3 rings (SSSR count). The van der Waals surface area contributed by atoms with Crippen molar-refractivity contribution < 1.29 is 4.79 Å². The number of carbonyl (C=O) groups excluding carboxylic acids is 1. The molecule has 0 saturated heterocycles. The summed E-state index contributed by atoms with van der Waals surface area (Å²) in [6.45, 7) is 2.57. The minimum atomic E-state index is -0.243. The molecule has 25 heavy (non-hydrogen) atoms. The van der Waals surface area contributed by atoms with Gasteiger partial charge in [-0.3, -0.25) is 4.79 Å². The Morgan fingerprint density at radius 3 is 2.96 bits per heavy atom. The number of nitriles is 1. The number of carbonyl (C=O) groups is 1. The molecule has 0 radical (unpaired) electrons. The molecular formula is C16H14BrN7O. The largest absolute Gasteiger partial charge is 0.343 e. The van der Waals surface area contributed by atoms with Crippen molar-refractivity contribution in [2.45, 2.75) is 13.5 Å². The van der Waals surface area contributed by atoms with Crippen LogP contribution in [-0.2, 0) is 6.54 Å². The van der Waals surface area contributed by atoms with Gasteiger partial charge in [0.2, 0.25) is 5.82 Å². The van der Waals surface area contributed by atoms with Gasteiger partial charge in [-0.2, -0.15) is 10.1 Å². The zero-order chi connectivity index (χ0) is 18.0. The predicted molar refractivity (Wildman–Crippen MR) is 93.7 cm³/mol. The highest BCUT2D eigenvalue weighted by atomic mass is 79.9. The normalized spacial score (nSPS) is 10.6. The van der Waals surface area contributed by atoms with Gasteiger partial charge in [0.05, 0.1) is 17.8 Å². The zero-order valence-electron chi connectivity index (χ0n) is 13.3. The van der Waals surface area contributed by atoms with Crippen LogP contribution in [0.25, 0.3) is 11.5 Å². The summed E-state index contributed by atoms with van der Waals surface area (Å²) in [6.07, 6.45) is 0. The molecule has 0 aliphatic rings. The van der Waals surface area contributed by atoms with E-state index in [-0.39, 0.29) is 11.5 Å². The Hall–Kier alpha value is -2.83. The number of rotatable bonds is 5. The predicted octanol–water partition coefficient (Wildman–Crippen LogP) is 1.80. The third-order valence-corrected chi connectivity index (χ3v) is 4.17. The first-order valence-corrected chi connectivity index (χ1v) is 8.25. The van der Waals surface area contributed by atoms with Gasteiger partial charge in [-0.15, -0.1) is 10.2 Å². The molecule has 0 spiro atoms. The molecule has 3 aromatic rings. The minimum Gasteiger partial charge on any atom is -0.343 e. The van der Waals surface area contributed by atoms with Crippen molar-refractivity contribution in [3.05, 3.63) is 51.1 Å². The number of nitrogens with one attached hydrogen (secondary N) is 1. The van der Waals surface area contributed by atoms with Crippen molar-refractivity contribution in [1.82, 2.24) is 25.2 Å². The van der Waals surface area contributed by atoms with Gasteiger partial charge in [0.15, 0.2) is 5.78 Å². The molecule has 8 nitrogen and oxygen atoms in total. The molecule has 0 unspecified atom stereocenters. The topological polar surface area (TPSA) is 126 Å². The van der Waals surface area contributed by atoms with Crippen molar-refractivity contribution in [1.29, 1.82) is 5.26 Å². The fourth-order valence-electron chi connectivity index (χ4n) is 2.51. The zero-order valence-corrected chi connectivity index (χ0v) is 14.9. The Bertz CT molecular complexity index is 983. The molecule has 0 aliphatic carbocycles. The van der Waals surface area contributed by atoms with E-state index in [1.54, 1.807) is 25.1 Å². The van der Waals surface area contributed by atoms with E-state index in [1.165, 1.54) is 4.80 Å². The molecular weight excluding hydrogens is 386 g/mol. The van der Waals surface area contributed by atoms with Crippen molar-refractivity contribution in [3.8, 4) is 17.6 Å². The van der Waals surface area contributed by atoms with Crippen LogP contribution in [0.15, 0.2) is 28.7 Å². The summed E-state index contributed by atoms with van der Waals surface area (Å²) in [5.74, 6) is 0.0722. The van der Waals surface area contributed by atoms with Crippen LogP contribution in [-0.4, -0.2) is 37.5 Å². The molecule has 0 amide bonds. The van der Waals surface area contributed by atoms with Crippen molar-refractivity contribution in [3.63, 3.8) is 0 Å². The van der Waals surface area contributed by atoms with Crippen LogP contribution in [0.3, 0.4) is 0 Å². The fourth-order valence-corrected chi connectivity index (χ4v) is 2.91. The smallest absolute Gasteiger partial charge is 0.221 e. The molecule has 0 aliphatic heterocycles. The number of ketones is 1. The van der Waals surface area contributed by atoms with Gasteiger partial charge in [-0.05, 0) is 29.8 Å². The van der Waals surface area contributed by atoms with E-state index in [1.807, 2.05) is 12.1 Å². The second kappa shape index (κ2) is 6.96. The molecule has 1 aromatic carbocycles. The molecule has 0 fully saturated rings. The SMILES string of the molecule is Cc1c(-c2nnn(CCN)n2)[nH]c(C#N)c1C(=O)c1cccc(Br)c1. The van der Waals surface area contributed by atoms with Crippen LogP contribution in [0.2, 0.25) is 0 Å². The van der Waals surface area contributed by atoms with E-state index >= 15 is 0 Å². The first-order valence-electron chi connectivity index (χ1n) is 7.46. The maximum atomic E-state index is 12.9. The average molecular weight is 400 g/mol. The van der Waals surface area contributed by atoms with Crippen LogP contribution < -0.4 is 5.73 Å². The number of aromatic nitrogens is 5. The number of hydrogen-bond donors (Lipinski definition) is 2. The van der Waals surface area contributed by atoms with Crippen LogP contribution >= 0.6 is 15.9 Å². The maximum Gasteiger partial charge on any atom is 0.221 e. The number of nitrogens with zero attached hydrogens (tertiary/aromatic N) is 5. The third kappa shape index (κ3) is 3.22. The molecule has 3 N–H and O–H groups in total. The molecule has 9 heteroatoms.